The second kappa shape index (κ2) is 8.12. The van der Waals surface area contributed by atoms with Crippen molar-refractivity contribution in [3.8, 4) is 0 Å². The highest BCUT2D eigenvalue weighted by Gasteiger charge is 2.13. The Kier molecular flexibility index (Phi) is 8.07. The largest absolute Gasteiger partial charge is 0.395 e. The molecule has 0 bridgehead atoms. The molecule has 0 fully saturated rings. The summed E-state index contributed by atoms with van der Waals surface area (Å²) in [5.41, 5.74) is 0. The van der Waals surface area contributed by atoms with E-state index >= 15 is 0 Å². The lowest BCUT2D eigenvalue weighted by Gasteiger charge is -2.23. The number of aliphatic hydroxyl groups is 1. The first-order valence-electron chi connectivity index (χ1n) is 6.35. The van der Waals surface area contributed by atoms with Gasteiger partial charge in [0.15, 0.2) is 0 Å². The van der Waals surface area contributed by atoms with Gasteiger partial charge in [0, 0.05) is 6.04 Å². The Bertz CT molecular complexity index is 147. The summed E-state index contributed by atoms with van der Waals surface area (Å²) in [4.78, 5) is 0. The third-order valence-electron chi connectivity index (χ3n) is 3.32. The Hall–Kier alpha value is -0.0800. The zero-order chi connectivity index (χ0) is 11.8. The fourth-order valence-electron chi connectivity index (χ4n) is 1.75. The Morgan fingerprint density at radius 3 is 2.07 bits per heavy atom. The molecule has 92 valence electrons. The van der Waals surface area contributed by atoms with Crippen molar-refractivity contribution >= 4 is 0 Å². The van der Waals surface area contributed by atoms with Crippen molar-refractivity contribution in [3.63, 3.8) is 0 Å². The van der Waals surface area contributed by atoms with Crippen molar-refractivity contribution < 1.29 is 5.11 Å². The third kappa shape index (κ3) is 6.91. The van der Waals surface area contributed by atoms with Crippen molar-refractivity contribution in [3.05, 3.63) is 0 Å². The predicted octanol–water partition coefficient (Wildman–Crippen LogP) is 2.67. The SMILES string of the molecule is CCC(C)C(C)CNC(CO)CC(C)C. The summed E-state index contributed by atoms with van der Waals surface area (Å²) < 4.78 is 0. The summed E-state index contributed by atoms with van der Waals surface area (Å²) in [7, 11) is 0. The van der Waals surface area contributed by atoms with Crippen LogP contribution in [0.15, 0.2) is 0 Å². The van der Waals surface area contributed by atoms with Crippen molar-refractivity contribution in [2.45, 2.75) is 53.5 Å². The summed E-state index contributed by atoms with van der Waals surface area (Å²) in [6.45, 7) is 12.5. The van der Waals surface area contributed by atoms with Crippen molar-refractivity contribution in [2.24, 2.45) is 17.8 Å². The van der Waals surface area contributed by atoms with E-state index in [0.29, 0.717) is 11.8 Å². The van der Waals surface area contributed by atoms with Crippen molar-refractivity contribution in [1.29, 1.82) is 0 Å². The van der Waals surface area contributed by atoms with E-state index in [4.69, 9.17) is 0 Å². The molecule has 2 heteroatoms. The number of hydrogen-bond donors (Lipinski definition) is 2. The summed E-state index contributed by atoms with van der Waals surface area (Å²) in [6.07, 6.45) is 2.29. The van der Waals surface area contributed by atoms with Crippen LogP contribution in [0.4, 0.5) is 0 Å². The van der Waals surface area contributed by atoms with Crippen LogP contribution in [-0.2, 0) is 0 Å². The van der Waals surface area contributed by atoms with Gasteiger partial charge in [-0.1, -0.05) is 41.0 Å². The zero-order valence-electron chi connectivity index (χ0n) is 11.1. The van der Waals surface area contributed by atoms with Crippen molar-refractivity contribution in [2.75, 3.05) is 13.2 Å². The molecular formula is C13H29NO. The van der Waals surface area contributed by atoms with Gasteiger partial charge in [0.05, 0.1) is 6.61 Å². The molecule has 0 aromatic carbocycles. The third-order valence-corrected chi connectivity index (χ3v) is 3.32. The first-order chi connectivity index (χ1) is 7.01. The van der Waals surface area contributed by atoms with E-state index in [1.807, 2.05) is 0 Å². The van der Waals surface area contributed by atoms with Crippen LogP contribution in [0.1, 0.15) is 47.5 Å². The molecule has 15 heavy (non-hydrogen) atoms. The maximum absolute atomic E-state index is 9.22. The number of aliphatic hydroxyl groups excluding tert-OH is 1. The molecule has 0 aliphatic carbocycles. The maximum Gasteiger partial charge on any atom is 0.0584 e. The molecule has 0 aromatic rings. The van der Waals surface area contributed by atoms with Gasteiger partial charge in [-0.3, -0.25) is 0 Å². The molecule has 0 rings (SSSR count). The molecular weight excluding hydrogens is 186 g/mol. The topological polar surface area (TPSA) is 32.3 Å². The molecule has 0 aliphatic rings. The maximum atomic E-state index is 9.22. The average Bonchev–Trinajstić information content (AvgIpc) is 2.21. The van der Waals surface area contributed by atoms with E-state index < -0.39 is 0 Å². The van der Waals surface area contributed by atoms with Gasteiger partial charge in [-0.05, 0) is 30.7 Å². The lowest BCUT2D eigenvalue weighted by molar-refractivity contribution is 0.213. The van der Waals surface area contributed by atoms with Gasteiger partial charge in [-0.2, -0.15) is 0 Å². The molecule has 0 saturated carbocycles. The second-order valence-corrected chi connectivity index (χ2v) is 5.28. The fourth-order valence-corrected chi connectivity index (χ4v) is 1.75. The Balaban J connectivity index is 3.79. The molecule has 0 saturated heterocycles. The van der Waals surface area contributed by atoms with Crippen LogP contribution in [0.25, 0.3) is 0 Å². The van der Waals surface area contributed by atoms with E-state index in [1.165, 1.54) is 6.42 Å². The molecule has 0 aliphatic heterocycles. The van der Waals surface area contributed by atoms with Gasteiger partial charge < -0.3 is 10.4 Å². The Morgan fingerprint density at radius 2 is 1.67 bits per heavy atom. The van der Waals surface area contributed by atoms with Gasteiger partial charge >= 0.3 is 0 Å². The molecule has 0 spiro atoms. The van der Waals surface area contributed by atoms with Crippen LogP contribution in [-0.4, -0.2) is 24.3 Å². The lowest BCUT2D eigenvalue weighted by atomic mass is 9.93. The minimum atomic E-state index is 0.255. The van der Waals surface area contributed by atoms with Gasteiger partial charge in [-0.25, -0.2) is 0 Å². The minimum absolute atomic E-state index is 0.255. The van der Waals surface area contributed by atoms with Crippen LogP contribution in [0.5, 0.6) is 0 Å². The number of rotatable bonds is 8. The van der Waals surface area contributed by atoms with E-state index in [9.17, 15) is 5.11 Å². The Labute approximate surface area is 95.5 Å². The zero-order valence-corrected chi connectivity index (χ0v) is 11.1. The number of hydrogen-bond acceptors (Lipinski definition) is 2. The number of nitrogens with one attached hydrogen (secondary N) is 1. The van der Waals surface area contributed by atoms with Crippen LogP contribution >= 0.6 is 0 Å². The molecule has 3 atom stereocenters. The highest BCUT2D eigenvalue weighted by molar-refractivity contribution is 4.71. The summed E-state index contributed by atoms with van der Waals surface area (Å²) >= 11 is 0. The monoisotopic (exact) mass is 215 g/mol. The molecule has 2 nitrogen and oxygen atoms in total. The summed E-state index contributed by atoms with van der Waals surface area (Å²) in [5.74, 6) is 2.10. The van der Waals surface area contributed by atoms with Crippen LogP contribution in [0.3, 0.4) is 0 Å². The molecule has 0 amide bonds. The van der Waals surface area contributed by atoms with E-state index in [0.717, 1.165) is 18.9 Å². The predicted molar refractivity (Wildman–Crippen MR) is 67.0 cm³/mol. The molecule has 0 aromatic heterocycles. The van der Waals surface area contributed by atoms with Gasteiger partial charge in [-0.15, -0.1) is 0 Å². The van der Waals surface area contributed by atoms with E-state index in [1.54, 1.807) is 0 Å². The molecule has 0 radical (unpaired) electrons. The van der Waals surface area contributed by atoms with Crippen molar-refractivity contribution in [1.82, 2.24) is 5.32 Å². The molecule has 0 heterocycles. The highest BCUT2D eigenvalue weighted by atomic mass is 16.3. The molecule has 2 N–H and O–H groups in total. The van der Waals surface area contributed by atoms with E-state index in [2.05, 4.69) is 39.9 Å². The Morgan fingerprint density at radius 1 is 1.07 bits per heavy atom. The summed E-state index contributed by atoms with van der Waals surface area (Å²) in [6, 6.07) is 0.275. The lowest BCUT2D eigenvalue weighted by Crippen LogP contribution is -2.37. The van der Waals surface area contributed by atoms with Gasteiger partial charge in [0.1, 0.15) is 0 Å². The van der Waals surface area contributed by atoms with Crippen LogP contribution in [0.2, 0.25) is 0 Å². The van der Waals surface area contributed by atoms with Gasteiger partial charge in [0.2, 0.25) is 0 Å². The quantitative estimate of drug-likeness (QED) is 0.652. The summed E-state index contributed by atoms with van der Waals surface area (Å²) in [5, 5.41) is 12.7. The van der Waals surface area contributed by atoms with Crippen LogP contribution in [0, 0.1) is 17.8 Å². The highest BCUT2D eigenvalue weighted by Crippen LogP contribution is 2.14. The van der Waals surface area contributed by atoms with Crippen LogP contribution < -0.4 is 5.32 Å². The first-order valence-corrected chi connectivity index (χ1v) is 6.35. The normalized spacial score (nSPS) is 17.8. The first kappa shape index (κ1) is 14.9. The standard InChI is InChI=1S/C13H29NO/c1-6-11(4)12(5)8-14-13(9-15)7-10(2)3/h10-15H,6-9H2,1-5H3. The van der Waals surface area contributed by atoms with Gasteiger partial charge in [0.25, 0.3) is 0 Å². The minimum Gasteiger partial charge on any atom is -0.395 e. The molecule has 3 unspecified atom stereocenters. The average molecular weight is 215 g/mol. The fraction of sp³-hybridized carbons (Fsp3) is 1.00. The smallest absolute Gasteiger partial charge is 0.0584 e. The van der Waals surface area contributed by atoms with E-state index in [-0.39, 0.29) is 12.6 Å². The second-order valence-electron chi connectivity index (χ2n) is 5.28.